The van der Waals surface area contributed by atoms with Crippen LogP contribution >= 0.6 is 23.5 Å². The van der Waals surface area contributed by atoms with E-state index in [9.17, 15) is 22.8 Å². The first kappa shape index (κ1) is 25.4. The van der Waals surface area contributed by atoms with E-state index in [2.05, 4.69) is 17.2 Å². The Morgan fingerprint density at radius 3 is 2.69 bits per heavy atom. The summed E-state index contributed by atoms with van der Waals surface area (Å²) in [5, 5.41) is 3.02. The number of aromatic nitrogens is 2. The molecule has 0 saturated heterocycles. The summed E-state index contributed by atoms with van der Waals surface area (Å²) in [5.74, 6) is 0.341. The van der Waals surface area contributed by atoms with E-state index in [1.165, 1.54) is 34.0 Å². The summed E-state index contributed by atoms with van der Waals surface area (Å²) in [7, 11) is 0. The number of carbonyl (C=O) groups is 1. The van der Waals surface area contributed by atoms with Crippen molar-refractivity contribution < 1.29 is 18.0 Å². The van der Waals surface area contributed by atoms with E-state index in [-0.39, 0.29) is 22.5 Å². The highest BCUT2D eigenvalue weighted by molar-refractivity contribution is 8.00. The predicted molar refractivity (Wildman–Crippen MR) is 134 cm³/mol. The molecule has 0 bridgehead atoms. The van der Waals surface area contributed by atoms with Crippen LogP contribution in [-0.2, 0) is 23.8 Å². The Hall–Kier alpha value is -2.72. The number of fused-ring (bicyclic) bond motifs is 1. The molecule has 0 radical (unpaired) electrons. The summed E-state index contributed by atoms with van der Waals surface area (Å²) in [4.78, 5) is 30.8. The number of hydrogen-bond donors (Lipinski definition) is 1. The zero-order chi connectivity index (χ0) is 25.0. The average molecular weight is 520 g/mol. The Bertz CT molecular complexity index is 1270. The fraction of sp³-hybridized carbons (Fsp3) is 0.320. The highest BCUT2D eigenvalue weighted by atomic mass is 32.2. The minimum Gasteiger partial charge on any atom is -0.325 e. The van der Waals surface area contributed by atoms with Gasteiger partial charge in [0, 0.05) is 17.9 Å². The third-order valence-corrected chi connectivity index (χ3v) is 7.53. The van der Waals surface area contributed by atoms with Crippen molar-refractivity contribution in [3.63, 3.8) is 0 Å². The zero-order valence-electron chi connectivity index (χ0n) is 19.0. The smallest absolute Gasteiger partial charge is 0.325 e. The summed E-state index contributed by atoms with van der Waals surface area (Å²) in [6.07, 6.45) is -0.755. The molecule has 0 spiro atoms. The molecule has 0 aliphatic carbocycles. The summed E-state index contributed by atoms with van der Waals surface area (Å²) in [5.41, 5.74) is 1.27. The summed E-state index contributed by atoms with van der Waals surface area (Å²) in [6, 6.07) is 12.2. The first-order valence-corrected chi connectivity index (χ1v) is 13.2. The van der Waals surface area contributed by atoms with Gasteiger partial charge in [0.05, 0.1) is 27.6 Å². The van der Waals surface area contributed by atoms with Crippen LogP contribution in [0.1, 0.15) is 36.6 Å². The van der Waals surface area contributed by atoms with Crippen molar-refractivity contribution in [1.82, 2.24) is 9.55 Å². The minimum atomic E-state index is -4.54. The van der Waals surface area contributed by atoms with Crippen molar-refractivity contribution in [1.29, 1.82) is 0 Å². The third-order valence-electron chi connectivity index (χ3n) is 5.49. The molecule has 1 amide bonds. The number of hydrogen-bond acceptors (Lipinski definition) is 5. The normalized spacial score (nSPS) is 13.0. The van der Waals surface area contributed by atoms with Gasteiger partial charge >= 0.3 is 6.18 Å². The van der Waals surface area contributed by atoms with Crippen molar-refractivity contribution in [3.8, 4) is 5.69 Å². The summed E-state index contributed by atoms with van der Waals surface area (Å²) >= 11 is 2.37. The Labute approximate surface area is 209 Å². The number of halogens is 3. The Morgan fingerprint density at radius 2 is 1.97 bits per heavy atom. The lowest BCUT2D eigenvalue weighted by molar-refractivity contribution is -0.137. The highest BCUT2D eigenvalue weighted by Gasteiger charge is 2.31. The molecular formula is C25H24F3N3O2S2. The molecular weight excluding hydrogens is 495 g/mol. The number of aryl methyl sites for hydroxylation is 2. The van der Waals surface area contributed by atoms with Gasteiger partial charge in [0.2, 0.25) is 5.91 Å². The van der Waals surface area contributed by atoms with Crippen LogP contribution in [0.25, 0.3) is 5.69 Å². The van der Waals surface area contributed by atoms with E-state index < -0.39 is 17.3 Å². The molecule has 0 atom stereocenters. The quantitative estimate of drug-likeness (QED) is 0.293. The second kappa shape index (κ2) is 10.9. The van der Waals surface area contributed by atoms with Gasteiger partial charge in [-0.25, -0.2) is 4.98 Å². The highest BCUT2D eigenvalue weighted by Crippen LogP contribution is 2.33. The molecule has 0 saturated carbocycles. The Morgan fingerprint density at radius 1 is 1.20 bits per heavy atom. The van der Waals surface area contributed by atoms with Crippen molar-refractivity contribution in [2.24, 2.45) is 0 Å². The van der Waals surface area contributed by atoms with Gasteiger partial charge in [0.25, 0.3) is 5.56 Å². The maximum atomic E-state index is 13.3. The minimum absolute atomic E-state index is 0.0467. The number of unbranched alkanes of at least 4 members (excludes halogenated alkanes) is 1. The molecule has 1 aromatic heterocycles. The van der Waals surface area contributed by atoms with Crippen LogP contribution in [0.3, 0.4) is 0 Å². The van der Waals surface area contributed by atoms with Crippen molar-refractivity contribution in [2.45, 2.75) is 48.8 Å². The molecule has 2 heterocycles. The number of anilines is 1. The van der Waals surface area contributed by atoms with E-state index in [4.69, 9.17) is 0 Å². The molecule has 1 aliphatic heterocycles. The molecule has 10 heteroatoms. The van der Waals surface area contributed by atoms with E-state index in [0.29, 0.717) is 28.5 Å². The summed E-state index contributed by atoms with van der Waals surface area (Å²) in [6.45, 7) is 2.13. The van der Waals surface area contributed by atoms with Gasteiger partial charge in [-0.3, -0.25) is 14.2 Å². The van der Waals surface area contributed by atoms with Gasteiger partial charge < -0.3 is 5.32 Å². The maximum Gasteiger partial charge on any atom is 0.416 e. The lowest BCUT2D eigenvalue weighted by Gasteiger charge is -2.15. The first-order valence-electron chi connectivity index (χ1n) is 11.2. The number of benzene rings is 2. The van der Waals surface area contributed by atoms with Crippen molar-refractivity contribution in [2.75, 3.05) is 16.8 Å². The molecule has 0 fully saturated rings. The molecule has 35 heavy (non-hydrogen) atoms. The van der Waals surface area contributed by atoms with Gasteiger partial charge in [-0.05, 0) is 48.7 Å². The summed E-state index contributed by atoms with van der Waals surface area (Å²) < 4.78 is 41.0. The molecule has 4 rings (SSSR count). The first-order chi connectivity index (χ1) is 16.8. The van der Waals surface area contributed by atoms with Crippen LogP contribution in [0.2, 0.25) is 0 Å². The number of nitrogens with one attached hydrogen (secondary N) is 1. The molecule has 1 N–H and O–H groups in total. The predicted octanol–water partition coefficient (Wildman–Crippen LogP) is 5.97. The molecule has 5 nitrogen and oxygen atoms in total. The van der Waals surface area contributed by atoms with Crippen LogP contribution in [0.5, 0.6) is 0 Å². The second-order valence-electron chi connectivity index (χ2n) is 8.09. The number of carbonyl (C=O) groups excluding carboxylic acids is 1. The van der Waals surface area contributed by atoms with Crippen molar-refractivity contribution >= 4 is 35.1 Å². The Balaban J connectivity index is 1.55. The standard InChI is InChI=1S/C25H24F3N3O2S2/c1-2-3-5-16-8-10-18(11-9-16)29-21(32)15-35-24-30-20-12-13-34-22(20)23(33)31(24)19-7-4-6-17(14-19)25(26,27)28/h4,6-11,14H,2-3,5,12-13,15H2,1H3,(H,29,32). The number of alkyl halides is 3. The van der Waals surface area contributed by atoms with E-state index >= 15 is 0 Å². The number of amides is 1. The SMILES string of the molecule is CCCCc1ccc(NC(=O)CSc2nc3c(c(=O)n2-c2cccc(C(F)(F)F)c2)SCC3)cc1. The third kappa shape index (κ3) is 6.10. The molecule has 184 valence electrons. The van der Waals surface area contributed by atoms with E-state index in [1.54, 1.807) is 0 Å². The topological polar surface area (TPSA) is 64.0 Å². The largest absolute Gasteiger partial charge is 0.416 e. The van der Waals surface area contributed by atoms with Gasteiger partial charge in [-0.1, -0.05) is 43.3 Å². The van der Waals surface area contributed by atoms with Gasteiger partial charge in [-0.15, -0.1) is 11.8 Å². The maximum absolute atomic E-state index is 13.3. The fourth-order valence-electron chi connectivity index (χ4n) is 3.70. The molecule has 0 unspecified atom stereocenters. The number of nitrogens with zero attached hydrogens (tertiary/aromatic N) is 2. The molecule has 3 aromatic rings. The Kier molecular flexibility index (Phi) is 7.91. The van der Waals surface area contributed by atoms with Gasteiger partial charge in [0.1, 0.15) is 0 Å². The fourth-order valence-corrected chi connectivity index (χ4v) is 5.55. The monoisotopic (exact) mass is 519 g/mol. The second-order valence-corrected chi connectivity index (χ2v) is 10.1. The molecule has 1 aliphatic rings. The lowest BCUT2D eigenvalue weighted by Crippen LogP contribution is -2.25. The van der Waals surface area contributed by atoms with Crippen LogP contribution in [0.15, 0.2) is 63.4 Å². The van der Waals surface area contributed by atoms with Crippen LogP contribution in [0.4, 0.5) is 18.9 Å². The van der Waals surface area contributed by atoms with E-state index in [1.807, 2.05) is 24.3 Å². The van der Waals surface area contributed by atoms with Crippen LogP contribution < -0.4 is 10.9 Å². The van der Waals surface area contributed by atoms with Crippen LogP contribution in [0, 0.1) is 0 Å². The molecule has 2 aromatic carbocycles. The van der Waals surface area contributed by atoms with Gasteiger partial charge in [-0.2, -0.15) is 13.2 Å². The lowest BCUT2D eigenvalue weighted by atomic mass is 10.1. The van der Waals surface area contributed by atoms with Gasteiger partial charge in [0.15, 0.2) is 5.16 Å². The average Bonchev–Trinajstić information content (AvgIpc) is 3.31. The van der Waals surface area contributed by atoms with Crippen LogP contribution in [-0.4, -0.2) is 27.0 Å². The zero-order valence-corrected chi connectivity index (χ0v) is 20.7. The number of rotatable bonds is 8. The van der Waals surface area contributed by atoms with Crippen molar-refractivity contribution in [3.05, 3.63) is 75.7 Å². The van der Waals surface area contributed by atoms with E-state index in [0.717, 1.165) is 43.2 Å². The number of thioether (sulfide) groups is 2.